The third-order valence-corrected chi connectivity index (χ3v) is 1.53. The first kappa shape index (κ1) is 12.1. The van der Waals surface area contributed by atoms with Gasteiger partial charge in [-0.2, -0.15) is 0 Å². The minimum Gasteiger partial charge on any atom is -0.503 e. The number of ether oxygens (including phenoxy) is 2. The molecule has 0 spiro atoms. The predicted octanol–water partition coefficient (Wildman–Crippen LogP) is 1.51. The third kappa shape index (κ3) is 2.53. The highest BCUT2D eigenvalue weighted by Gasteiger charge is 2.35. The molecule has 0 aliphatic carbocycles. The van der Waals surface area contributed by atoms with Crippen molar-refractivity contribution >= 4 is 6.29 Å². The molecule has 0 atom stereocenters. The van der Waals surface area contributed by atoms with E-state index in [0.29, 0.717) is 6.20 Å². The number of aromatic nitrogens is 1. The van der Waals surface area contributed by atoms with Gasteiger partial charge in [-0.15, -0.1) is 13.2 Å². The lowest BCUT2D eigenvalue weighted by Crippen LogP contribution is -2.18. The van der Waals surface area contributed by atoms with Crippen molar-refractivity contribution in [3.05, 3.63) is 11.9 Å². The molecular formula is C8H6F3NO4. The van der Waals surface area contributed by atoms with Crippen LogP contribution in [0.25, 0.3) is 0 Å². The van der Waals surface area contributed by atoms with Gasteiger partial charge in [-0.05, 0) is 0 Å². The maximum Gasteiger partial charge on any atom is 0.573 e. The van der Waals surface area contributed by atoms with E-state index < -0.39 is 29.3 Å². The number of carbonyl (C=O) groups is 1. The maximum absolute atomic E-state index is 12.0. The third-order valence-electron chi connectivity index (χ3n) is 1.53. The van der Waals surface area contributed by atoms with Crippen molar-refractivity contribution in [2.24, 2.45) is 0 Å². The zero-order chi connectivity index (χ0) is 12.3. The Morgan fingerprint density at radius 1 is 1.44 bits per heavy atom. The van der Waals surface area contributed by atoms with Crippen LogP contribution in [0, 0.1) is 0 Å². The van der Waals surface area contributed by atoms with Crippen molar-refractivity contribution in [3.8, 4) is 17.2 Å². The number of hydrogen-bond acceptors (Lipinski definition) is 5. The second kappa shape index (κ2) is 4.25. The molecule has 1 rings (SSSR count). The molecule has 0 aliphatic rings. The van der Waals surface area contributed by atoms with E-state index in [2.05, 4.69) is 14.5 Å². The van der Waals surface area contributed by atoms with Crippen LogP contribution >= 0.6 is 0 Å². The van der Waals surface area contributed by atoms with E-state index in [4.69, 9.17) is 5.11 Å². The summed E-state index contributed by atoms with van der Waals surface area (Å²) in [5, 5.41) is 9.12. The molecule has 16 heavy (non-hydrogen) atoms. The van der Waals surface area contributed by atoms with Crippen LogP contribution < -0.4 is 9.47 Å². The molecule has 0 saturated heterocycles. The lowest BCUT2D eigenvalue weighted by atomic mass is 10.3. The lowest BCUT2D eigenvalue weighted by molar-refractivity contribution is -0.275. The molecule has 0 unspecified atom stereocenters. The summed E-state index contributed by atoms with van der Waals surface area (Å²) in [6, 6.07) is 0. The number of rotatable bonds is 3. The van der Waals surface area contributed by atoms with Crippen LogP contribution in [0.15, 0.2) is 6.20 Å². The molecule has 5 nitrogen and oxygen atoms in total. The van der Waals surface area contributed by atoms with Gasteiger partial charge in [0.1, 0.15) is 5.69 Å². The monoisotopic (exact) mass is 237 g/mol. The van der Waals surface area contributed by atoms with Crippen molar-refractivity contribution in [3.63, 3.8) is 0 Å². The number of nitrogens with zero attached hydrogens (tertiary/aromatic N) is 1. The van der Waals surface area contributed by atoms with E-state index in [-0.39, 0.29) is 6.29 Å². The summed E-state index contributed by atoms with van der Waals surface area (Å²) in [5.41, 5.74) is -0.403. The van der Waals surface area contributed by atoms with Gasteiger partial charge in [0.2, 0.25) is 5.75 Å². The quantitative estimate of drug-likeness (QED) is 0.807. The normalized spacial score (nSPS) is 11.0. The molecule has 0 aliphatic heterocycles. The number of aromatic hydroxyl groups is 1. The summed E-state index contributed by atoms with van der Waals surface area (Å²) in [5.74, 6) is -2.45. The molecule has 1 aromatic heterocycles. The topological polar surface area (TPSA) is 68.7 Å². The molecule has 0 bridgehead atoms. The number of alkyl halides is 3. The zero-order valence-corrected chi connectivity index (χ0v) is 7.91. The van der Waals surface area contributed by atoms with Gasteiger partial charge in [-0.3, -0.25) is 4.79 Å². The summed E-state index contributed by atoms with van der Waals surface area (Å²) in [6.45, 7) is 0. The zero-order valence-electron chi connectivity index (χ0n) is 7.91. The number of halogens is 3. The Balaban J connectivity index is 3.29. The molecule has 0 aromatic carbocycles. The first-order valence-electron chi connectivity index (χ1n) is 3.86. The molecule has 8 heteroatoms. The van der Waals surface area contributed by atoms with Crippen molar-refractivity contribution < 1.29 is 32.5 Å². The molecule has 1 N–H and O–H groups in total. The van der Waals surface area contributed by atoms with Gasteiger partial charge in [0.05, 0.1) is 13.3 Å². The van der Waals surface area contributed by atoms with Gasteiger partial charge < -0.3 is 14.6 Å². The van der Waals surface area contributed by atoms with E-state index in [9.17, 15) is 18.0 Å². The van der Waals surface area contributed by atoms with Gasteiger partial charge in [0.15, 0.2) is 17.8 Å². The first-order chi connectivity index (χ1) is 7.39. The Labute approximate surface area is 87.4 Å². The van der Waals surface area contributed by atoms with E-state index in [1.54, 1.807) is 0 Å². The summed E-state index contributed by atoms with van der Waals surface area (Å²) < 4.78 is 44.0. The minimum absolute atomic E-state index is 0.182. The Bertz CT molecular complexity index is 405. The van der Waals surface area contributed by atoms with Crippen LogP contribution in [0.1, 0.15) is 10.5 Å². The summed E-state index contributed by atoms with van der Waals surface area (Å²) in [4.78, 5) is 13.8. The van der Waals surface area contributed by atoms with Crippen LogP contribution in [0.3, 0.4) is 0 Å². The van der Waals surface area contributed by atoms with Crippen molar-refractivity contribution in [2.75, 3.05) is 7.11 Å². The second-order valence-corrected chi connectivity index (χ2v) is 2.56. The molecule has 1 aromatic rings. The van der Waals surface area contributed by atoms with Gasteiger partial charge in [-0.25, -0.2) is 4.98 Å². The van der Waals surface area contributed by atoms with Gasteiger partial charge >= 0.3 is 6.36 Å². The lowest BCUT2D eigenvalue weighted by Gasteiger charge is -2.14. The Morgan fingerprint density at radius 2 is 2.06 bits per heavy atom. The SMILES string of the molecule is COc1c(C=O)ncc(O)c1OC(F)(F)F. The number of aldehydes is 1. The second-order valence-electron chi connectivity index (χ2n) is 2.56. The van der Waals surface area contributed by atoms with E-state index in [1.165, 1.54) is 0 Å². The number of hydrogen-bond donors (Lipinski definition) is 1. The average molecular weight is 237 g/mol. The molecule has 88 valence electrons. The van der Waals surface area contributed by atoms with Crippen molar-refractivity contribution in [1.29, 1.82) is 0 Å². The molecular weight excluding hydrogens is 231 g/mol. The largest absolute Gasteiger partial charge is 0.573 e. The van der Waals surface area contributed by atoms with E-state index >= 15 is 0 Å². The molecule has 0 radical (unpaired) electrons. The Hall–Kier alpha value is -1.99. The highest BCUT2D eigenvalue weighted by Crippen LogP contribution is 2.40. The summed E-state index contributed by atoms with van der Waals surface area (Å²) >= 11 is 0. The van der Waals surface area contributed by atoms with Gasteiger partial charge in [0.25, 0.3) is 0 Å². The molecule has 0 saturated carbocycles. The highest BCUT2D eigenvalue weighted by atomic mass is 19.4. The smallest absolute Gasteiger partial charge is 0.503 e. The standard InChI is InChI=1S/C8H6F3NO4/c1-15-6-4(3-13)12-2-5(14)7(6)16-8(9,10)11/h2-3,14H,1H3. The molecule has 0 fully saturated rings. The van der Waals surface area contributed by atoms with E-state index in [1.807, 2.05) is 0 Å². The van der Waals surface area contributed by atoms with Crippen molar-refractivity contribution in [2.45, 2.75) is 6.36 Å². The molecule has 1 heterocycles. The van der Waals surface area contributed by atoms with Crippen molar-refractivity contribution in [1.82, 2.24) is 4.98 Å². The average Bonchev–Trinajstić information content (AvgIpc) is 2.19. The number of pyridine rings is 1. The summed E-state index contributed by atoms with van der Waals surface area (Å²) in [6.07, 6.45) is -4.17. The van der Waals surface area contributed by atoms with Crippen LogP contribution in [0.2, 0.25) is 0 Å². The summed E-state index contributed by atoms with van der Waals surface area (Å²) in [7, 11) is 1.02. The highest BCUT2D eigenvalue weighted by molar-refractivity contribution is 5.79. The fraction of sp³-hybridized carbons (Fsp3) is 0.250. The maximum atomic E-state index is 12.0. The van der Waals surface area contributed by atoms with Crippen LogP contribution in [-0.4, -0.2) is 29.8 Å². The van der Waals surface area contributed by atoms with Crippen LogP contribution in [0.4, 0.5) is 13.2 Å². The Morgan fingerprint density at radius 3 is 2.50 bits per heavy atom. The van der Waals surface area contributed by atoms with E-state index in [0.717, 1.165) is 7.11 Å². The number of carbonyl (C=O) groups excluding carboxylic acids is 1. The number of methoxy groups -OCH3 is 1. The molecule has 0 amide bonds. The fourth-order valence-electron chi connectivity index (χ4n) is 0.976. The first-order valence-corrected chi connectivity index (χ1v) is 3.86. The van der Waals surface area contributed by atoms with Gasteiger partial charge in [0, 0.05) is 0 Å². The van der Waals surface area contributed by atoms with Gasteiger partial charge in [-0.1, -0.05) is 0 Å². The van der Waals surface area contributed by atoms with Crippen LogP contribution in [0.5, 0.6) is 17.2 Å². The minimum atomic E-state index is -5.01. The fourth-order valence-corrected chi connectivity index (χ4v) is 0.976. The predicted molar refractivity (Wildman–Crippen MR) is 44.5 cm³/mol. The van der Waals surface area contributed by atoms with Crippen LogP contribution in [-0.2, 0) is 0 Å². The Kier molecular flexibility index (Phi) is 3.21.